The molecule has 1 nitrogen and oxygen atoms in total. The molecule has 0 saturated heterocycles. The maximum atomic E-state index is 13.2. The van der Waals surface area contributed by atoms with E-state index in [1.807, 2.05) is 0 Å². The van der Waals surface area contributed by atoms with E-state index >= 15 is 0 Å². The molecule has 14 heavy (non-hydrogen) atoms. The van der Waals surface area contributed by atoms with Crippen molar-refractivity contribution in [3.8, 4) is 0 Å². The molecule has 0 unspecified atom stereocenters. The molecule has 1 aromatic rings. The molecule has 0 heterocycles. The smallest absolute Gasteiger partial charge is 0.134 e. The van der Waals surface area contributed by atoms with Crippen molar-refractivity contribution in [2.45, 2.75) is 12.5 Å². The van der Waals surface area contributed by atoms with Crippen molar-refractivity contribution in [3.05, 3.63) is 47.8 Å². The molecule has 1 aromatic carbocycles. The SMILES string of the molecule is C=C[C@@](C)(N)c1c(F)cc(F)cc1F. The minimum absolute atomic E-state index is 0.381. The van der Waals surface area contributed by atoms with E-state index in [-0.39, 0.29) is 5.56 Å². The van der Waals surface area contributed by atoms with Gasteiger partial charge in [0.2, 0.25) is 0 Å². The van der Waals surface area contributed by atoms with Crippen molar-refractivity contribution in [3.63, 3.8) is 0 Å². The molecule has 0 bridgehead atoms. The van der Waals surface area contributed by atoms with Crippen LogP contribution in [0.15, 0.2) is 24.8 Å². The lowest BCUT2D eigenvalue weighted by molar-refractivity contribution is 0.476. The van der Waals surface area contributed by atoms with Gasteiger partial charge >= 0.3 is 0 Å². The van der Waals surface area contributed by atoms with E-state index in [1.165, 1.54) is 13.0 Å². The summed E-state index contributed by atoms with van der Waals surface area (Å²) in [6, 6.07) is 1.18. The predicted octanol–water partition coefficient (Wildman–Crippen LogP) is 2.46. The Bertz CT molecular complexity index is 349. The monoisotopic (exact) mass is 201 g/mol. The van der Waals surface area contributed by atoms with Crippen LogP contribution in [-0.2, 0) is 5.54 Å². The number of hydrogen-bond acceptors (Lipinski definition) is 1. The number of hydrogen-bond donors (Lipinski definition) is 1. The van der Waals surface area contributed by atoms with Crippen LogP contribution in [0.2, 0.25) is 0 Å². The summed E-state index contributed by atoms with van der Waals surface area (Å²) in [7, 11) is 0. The first kappa shape index (κ1) is 10.8. The first-order valence-corrected chi connectivity index (χ1v) is 3.96. The molecule has 2 N–H and O–H groups in total. The van der Waals surface area contributed by atoms with Crippen LogP contribution in [0, 0.1) is 17.5 Å². The Balaban J connectivity index is 3.42. The first-order chi connectivity index (χ1) is 6.38. The molecule has 1 atom stereocenters. The summed E-state index contributed by atoms with van der Waals surface area (Å²) >= 11 is 0. The van der Waals surface area contributed by atoms with E-state index < -0.39 is 23.0 Å². The summed E-state index contributed by atoms with van der Waals surface area (Å²) in [5.74, 6) is -2.98. The molecule has 1 rings (SSSR count). The van der Waals surface area contributed by atoms with Crippen molar-refractivity contribution < 1.29 is 13.2 Å². The summed E-state index contributed by atoms with van der Waals surface area (Å²) in [6.07, 6.45) is 1.20. The average Bonchev–Trinajstić information content (AvgIpc) is 2.01. The third-order valence-corrected chi connectivity index (χ3v) is 1.97. The Hall–Kier alpha value is -1.29. The van der Waals surface area contributed by atoms with E-state index in [1.54, 1.807) is 0 Å². The summed E-state index contributed by atoms with van der Waals surface area (Å²) in [5, 5.41) is 0. The highest BCUT2D eigenvalue weighted by molar-refractivity contribution is 5.31. The van der Waals surface area contributed by atoms with Crippen LogP contribution in [0.1, 0.15) is 12.5 Å². The van der Waals surface area contributed by atoms with Crippen LogP contribution >= 0.6 is 0 Å². The minimum Gasteiger partial charge on any atom is -0.318 e. The van der Waals surface area contributed by atoms with Crippen molar-refractivity contribution >= 4 is 0 Å². The van der Waals surface area contributed by atoms with Crippen LogP contribution in [0.5, 0.6) is 0 Å². The standard InChI is InChI=1S/C10H10F3N/c1-3-10(2,14)9-7(12)4-6(11)5-8(9)13/h3-5H,1,14H2,2H3/t10-/m1/s1. The second-order valence-corrected chi connectivity index (χ2v) is 3.23. The maximum Gasteiger partial charge on any atom is 0.134 e. The van der Waals surface area contributed by atoms with Crippen molar-refractivity contribution in [2.75, 3.05) is 0 Å². The Morgan fingerprint density at radius 1 is 1.29 bits per heavy atom. The summed E-state index contributed by atoms with van der Waals surface area (Å²) in [5.41, 5.74) is 3.84. The molecule has 0 aliphatic heterocycles. The summed E-state index contributed by atoms with van der Waals surface area (Å²) < 4.78 is 38.9. The molecule has 0 fully saturated rings. The number of nitrogens with two attached hydrogens (primary N) is 1. The molecule has 76 valence electrons. The van der Waals surface area contributed by atoms with Gasteiger partial charge in [-0.15, -0.1) is 6.58 Å². The lowest BCUT2D eigenvalue weighted by Crippen LogP contribution is -2.32. The van der Waals surface area contributed by atoms with Gasteiger partial charge in [-0.1, -0.05) is 6.08 Å². The largest absolute Gasteiger partial charge is 0.318 e. The highest BCUT2D eigenvalue weighted by Gasteiger charge is 2.25. The normalized spacial score (nSPS) is 14.9. The van der Waals surface area contributed by atoms with Gasteiger partial charge in [-0.3, -0.25) is 0 Å². The zero-order chi connectivity index (χ0) is 10.9. The van der Waals surface area contributed by atoms with Crippen molar-refractivity contribution in [1.82, 2.24) is 0 Å². The fraction of sp³-hybridized carbons (Fsp3) is 0.200. The van der Waals surface area contributed by atoms with E-state index in [4.69, 9.17) is 5.73 Å². The van der Waals surface area contributed by atoms with E-state index in [0.29, 0.717) is 12.1 Å². The van der Waals surface area contributed by atoms with Crippen LogP contribution in [0.4, 0.5) is 13.2 Å². The molecule has 0 aliphatic carbocycles. The van der Waals surface area contributed by atoms with Gasteiger partial charge in [0.05, 0.1) is 5.54 Å². The molecular weight excluding hydrogens is 191 g/mol. The van der Waals surface area contributed by atoms with Gasteiger partial charge < -0.3 is 5.73 Å². The van der Waals surface area contributed by atoms with Crippen molar-refractivity contribution in [1.29, 1.82) is 0 Å². The van der Waals surface area contributed by atoms with Crippen molar-refractivity contribution in [2.24, 2.45) is 5.73 Å². The molecule has 0 saturated carbocycles. The molecule has 0 spiro atoms. The van der Waals surface area contributed by atoms with Crippen LogP contribution in [0.25, 0.3) is 0 Å². The van der Waals surface area contributed by atoms with Crippen LogP contribution < -0.4 is 5.73 Å². The van der Waals surface area contributed by atoms with Gasteiger partial charge in [0, 0.05) is 17.7 Å². The van der Waals surface area contributed by atoms with Gasteiger partial charge in [0.15, 0.2) is 0 Å². The second kappa shape index (κ2) is 3.46. The first-order valence-electron chi connectivity index (χ1n) is 3.96. The average molecular weight is 201 g/mol. The van der Waals surface area contributed by atoms with E-state index in [2.05, 4.69) is 6.58 Å². The Morgan fingerprint density at radius 2 is 1.71 bits per heavy atom. The third kappa shape index (κ3) is 1.80. The molecule has 0 amide bonds. The number of benzene rings is 1. The van der Waals surface area contributed by atoms with Gasteiger partial charge in [-0.2, -0.15) is 0 Å². The molecule has 4 heteroatoms. The quantitative estimate of drug-likeness (QED) is 0.731. The Kier molecular flexibility index (Phi) is 2.66. The van der Waals surface area contributed by atoms with Gasteiger partial charge in [-0.25, -0.2) is 13.2 Å². The fourth-order valence-electron chi connectivity index (χ4n) is 1.16. The molecule has 0 aliphatic rings. The van der Waals surface area contributed by atoms with Gasteiger partial charge in [0.25, 0.3) is 0 Å². The fourth-order valence-corrected chi connectivity index (χ4v) is 1.16. The number of rotatable bonds is 2. The third-order valence-electron chi connectivity index (χ3n) is 1.97. The van der Waals surface area contributed by atoms with E-state index in [0.717, 1.165) is 0 Å². The Morgan fingerprint density at radius 3 is 2.07 bits per heavy atom. The highest BCUT2D eigenvalue weighted by Crippen LogP contribution is 2.25. The Labute approximate surface area is 80.0 Å². The zero-order valence-corrected chi connectivity index (χ0v) is 7.65. The minimum atomic E-state index is -1.35. The van der Waals surface area contributed by atoms with Gasteiger partial charge in [0.1, 0.15) is 17.5 Å². The van der Waals surface area contributed by atoms with Crippen LogP contribution in [0.3, 0.4) is 0 Å². The molecular formula is C10H10F3N. The van der Waals surface area contributed by atoms with E-state index in [9.17, 15) is 13.2 Å². The maximum absolute atomic E-state index is 13.2. The van der Waals surface area contributed by atoms with Crippen LogP contribution in [-0.4, -0.2) is 0 Å². The summed E-state index contributed by atoms with van der Waals surface area (Å²) in [4.78, 5) is 0. The lowest BCUT2D eigenvalue weighted by atomic mass is 9.92. The van der Waals surface area contributed by atoms with Gasteiger partial charge in [-0.05, 0) is 6.92 Å². The number of halogens is 3. The predicted molar refractivity (Wildman–Crippen MR) is 48.1 cm³/mol. The highest BCUT2D eigenvalue weighted by atomic mass is 19.1. The molecule has 0 aromatic heterocycles. The zero-order valence-electron chi connectivity index (χ0n) is 7.65. The lowest BCUT2D eigenvalue weighted by Gasteiger charge is -2.21. The molecule has 0 radical (unpaired) electrons. The topological polar surface area (TPSA) is 26.0 Å². The summed E-state index contributed by atoms with van der Waals surface area (Å²) in [6.45, 7) is 4.75. The second-order valence-electron chi connectivity index (χ2n) is 3.23.